The second-order valence-electron chi connectivity index (χ2n) is 16.1. The molecule has 0 saturated carbocycles. The molecule has 5 heterocycles. The topological polar surface area (TPSA) is 169 Å². The summed E-state index contributed by atoms with van der Waals surface area (Å²) in [5.74, 6) is 1.48. The van der Waals surface area contributed by atoms with E-state index in [1.54, 1.807) is 63.4 Å². The fourth-order valence-corrected chi connectivity index (χ4v) is 10.7. The lowest BCUT2D eigenvalue weighted by atomic mass is 10.0. The summed E-state index contributed by atoms with van der Waals surface area (Å²) in [7, 11) is 6.89. The number of nitrogens with zero attached hydrogens (tertiary/aromatic N) is 5. The second-order valence-corrected chi connectivity index (χ2v) is 22.4. The van der Waals surface area contributed by atoms with E-state index in [4.69, 9.17) is 11.5 Å². The third-order valence-electron chi connectivity index (χ3n) is 9.64. The Labute approximate surface area is 377 Å². The van der Waals surface area contributed by atoms with Crippen LogP contribution in [0.2, 0.25) is 0 Å². The van der Waals surface area contributed by atoms with Crippen molar-refractivity contribution in [2.24, 2.45) is 14.1 Å². The number of benzene rings is 2. The van der Waals surface area contributed by atoms with Gasteiger partial charge in [-0.3, -0.25) is 19.2 Å². The number of hydrogen-bond donors (Lipinski definition) is 3. The minimum Gasteiger partial charge on any atom is -0.382 e. The van der Waals surface area contributed by atoms with Gasteiger partial charge in [0.25, 0.3) is 0 Å². The van der Waals surface area contributed by atoms with Gasteiger partial charge in [0.15, 0.2) is 23.2 Å². The molecular weight excluding hydrogens is 863 g/mol. The van der Waals surface area contributed by atoms with Crippen LogP contribution in [0.1, 0.15) is 105 Å². The van der Waals surface area contributed by atoms with E-state index >= 15 is 0 Å². The van der Waals surface area contributed by atoms with Gasteiger partial charge in [-0.25, -0.2) is 15.0 Å². The molecular formula is C45H49N7O4S5. The first-order valence-electron chi connectivity index (χ1n) is 19.6. The predicted octanol–water partition coefficient (Wildman–Crippen LogP) is 10.5. The van der Waals surface area contributed by atoms with Crippen molar-refractivity contribution in [3.63, 3.8) is 0 Å². The average Bonchev–Trinajstić information content (AvgIpc) is 3.99. The first-order chi connectivity index (χ1) is 28.8. The zero-order chi connectivity index (χ0) is 44.1. The number of thiophene rings is 2. The molecule has 7 aromatic rings. The minimum atomic E-state index is -0.158. The molecule has 0 atom stereocenters. The van der Waals surface area contributed by atoms with E-state index in [1.165, 1.54) is 22.7 Å². The van der Waals surface area contributed by atoms with Gasteiger partial charge in [-0.1, -0.05) is 42.8 Å². The van der Waals surface area contributed by atoms with Gasteiger partial charge in [0, 0.05) is 77.3 Å². The number of aryl methyl sites for hydroxylation is 2. The fraction of sp³-hybridized carbons (Fsp3) is 0.311. The molecule has 0 unspecified atom stereocenters. The number of thiol groups is 1. The van der Waals surface area contributed by atoms with Crippen LogP contribution >= 0.6 is 56.9 Å². The van der Waals surface area contributed by atoms with Crippen molar-refractivity contribution in [3.8, 4) is 0 Å². The zero-order valence-electron chi connectivity index (χ0n) is 34.9. The monoisotopic (exact) mass is 911 g/mol. The van der Waals surface area contributed by atoms with Gasteiger partial charge in [0.1, 0.15) is 16.7 Å². The summed E-state index contributed by atoms with van der Waals surface area (Å²) in [6, 6.07) is 21.5. The lowest BCUT2D eigenvalue weighted by Gasteiger charge is -2.22. The number of carbonyl (C=O) groups is 4. The Bertz CT molecular complexity index is 2710. The van der Waals surface area contributed by atoms with Crippen molar-refractivity contribution in [1.82, 2.24) is 24.1 Å². The van der Waals surface area contributed by atoms with Crippen LogP contribution in [0.3, 0.4) is 0 Å². The van der Waals surface area contributed by atoms with Gasteiger partial charge in [0.2, 0.25) is 11.6 Å². The van der Waals surface area contributed by atoms with E-state index in [0.29, 0.717) is 36.1 Å². The number of nitrogens with two attached hydrogens (primary N) is 2. The van der Waals surface area contributed by atoms with E-state index in [0.717, 1.165) is 58.9 Å². The summed E-state index contributed by atoms with van der Waals surface area (Å²) in [5, 5.41) is 2.94. The van der Waals surface area contributed by atoms with Crippen LogP contribution in [-0.2, 0) is 26.9 Å². The van der Waals surface area contributed by atoms with E-state index in [1.807, 2.05) is 80.6 Å². The quantitative estimate of drug-likeness (QED) is 0.0452. The molecule has 0 fully saturated rings. The number of rotatable bonds is 17. The van der Waals surface area contributed by atoms with Gasteiger partial charge in [-0.05, 0) is 108 Å². The predicted molar refractivity (Wildman–Crippen MR) is 257 cm³/mol. The zero-order valence-corrected chi connectivity index (χ0v) is 39.1. The van der Waals surface area contributed by atoms with Gasteiger partial charge < -0.3 is 20.6 Å². The maximum atomic E-state index is 12.9. The Morgan fingerprint density at radius 3 is 1.61 bits per heavy atom. The first-order valence-corrected chi connectivity index (χ1v) is 23.8. The van der Waals surface area contributed by atoms with Gasteiger partial charge in [0.05, 0.1) is 9.75 Å². The molecule has 61 heavy (non-hydrogen) atoms. The lowest BCUT2D eigenvalue weighted by Crippen LogP contribution is -2.15. The average molecular weight is 912 g/mol. The van der Waals surface area contributed by atoms with Crippen LogP contribution in [-0.4, -0.2) is 56.7 Å². The summed E-state index contributed by atoms with van der Waals surface area (Å²) in [5.41, 5.74) is 13.1. The molecule has 0 radical (unpaired) electrons. The Hall–Kier alpha value is -4.74. The Kier molecular flexibility index (Phi) is 14.7. The molecule has 11 nitrogen and oxygen atoms in total. The number of carbonyl (C=O) groups excluding carboxylic acids is 4. The SMILES string of the molecule is Cn1cc(N)nc1C(=O)Cc1ccc2sc(C(=O)CCC(C)(C)S)cc2c1.Cn1cc(N)nc1C(=O)Cc1ccc2sc(C(=O)CCC(C)(C)SSc3ccccn3)cc2c1. The molecule has 0 aliphatic carbocycles. The van der Waals surface area contributed by atoms with Crippen molar-refractivity contribution in [2.75, 3.05) is 11.5 Å². The smallest absolute Gasteiger partial charge is 0.202 e. The molecule has 318 valence electrons. The highest BCUT2D eigenvalue weighted by Gasteiger charge is 2.23. The number of hydrogen-bond acceptors (Lipinski definition) is 14. The lowest BCUT2D eigenvalue weighted by molar-refractivity contribution is 0.0972. The number of anilines is 2. The van der Waals surface area contributed by atoms with Crippen LogP contribution in [0.4, 0.5) is 11.6 Å². The van der Waals surface area contributed by atoms with Gasteiger partial charge >= 0.3 is 0 Å². The first kappa shape index (κ1) is 45.8. The van der Waals surface area contributed by atoms with E-state index in [2.05, 4.69) is 41.4 Å². The highest BCUT2D eigenvalue weighted by molar-refractivity contribution is 8.77. The molecule has 0 bridgehead atoms. The van der Waals surface area contributed by atoms with Crippen LogP contribution in [0.15, 0.2) is 90.3 Å². The highest BCUT2D eigenvalue weighted by atomic mass is 33.1. The van der Waals surface area contributed by atoms with E-state index in [9.17, 15) is 19.2 Å². The van der Waals surface area contributed by atoms with Gasteiger partial charge in [-0.2, -0.15) is 12.6 Å². The number of fused-ring (bicyclic) bond motifs is 2. The number of pyridine rings is 1. The van der Waals surface area contributed by atoms with Crippen molar-refractivity contribution >= 4 is 112 Å². The van der Waals surface area contributed by atoms with E-state index in [-0.39, 0.29) is 45.5 Å². The van der Waals surface area contributed by atoms with Crippen molar-refractivity contribution in [2.45, 2.75) is 80.7 Å². The molecule has 0 aliphatic rings. The third-order valence-corrected chi connectivity index (χ3v) is 15.4. The number of ketones is 4. The molecule has 0 saturated heterocycles. The molecule has 7 rings (SSSR count). The molecule has 0 spiro atoms. The Balaban J connectivity index is 0.000000210. The van der Waals surface area contributed by atoms with Crippen molar-refractivity contribution in [3.05, 3.63) is 118 Å². The largest absolute Gasteiger partial charge is 0.382 e. The highest BCUT2D eigenvalue weighted by Crippen LogP contribution is 2.42. The number of Topliss-reactive ketones (excluding diaryl/α,β-unsaturated/α-hetero) is 4. The summed E-state index contributed by atoms with van der Waals surface area (Å²) in [4.78, 5) is 64.5. The fourth-order valence-electron chi connectivity index (χ4n) is 6.38. The van der Waals surface area contributed by atoms with Crippen LogP contribution in [0, 0.1) is 0 Å². The third kappa shape index (κ3) is 12.7. The second kappa shape index (κ2) is 19.5. The van der Waals surface area contributed by atoms with Crippen LogP contribution < -0.4 is 11.5 Å². The summed E-state index contributed by atoms with van der Waals surface area (Å²) < 4.78 is 5.15. The standard InChI is InChI=1S/C25H26N4O2S3.C20H23N3O2S2/c1-25(2,34-33-23-6-4-5-11-27-23)10-9-18(30)21-14-17-12-16(7-8-20(17)32-21)13-19(31)24-28-22(26)15-29(24)3;1-20(2,26)7-6-14(24)17-10-13-8-12(4-5-16(13)27-17)9-15(25)19-22-18(21)11-23(19)3/h4-8,11-12,14-15H,9-10,13,26H2,1-3H3;4-5,8,10-11,26H,6-7,9,21H2,1-3H3. The molecule has 0 aliphatic heterocycles. The Morgan fingerprint density at radius 2 is 1.18 bits per heavy atom. The van der Waals surface area contributed by atoms with Crippen molar-refractivity contribution in [1.29, 1.82) is 0 Å². The summed E-state index contributed by atoms with van der Waals surface area (Å²) >= 11 is 7.48. The summed E-state index contributed by atoms with van der Waals surface area (Å²) in [6.45, 7) is 8.33. The maximum Gasteiger partial charge on any atom is 0.202 e. The molecule has 2 aromatic carbocycles. The Morgan fingerprint density at radius 1 is 0.689 bits per heavy atom. The molecule has 0 amide bonds. The van der Waals surface area contributed by atoms with Crippen molar-refractivity contribution < 1.29 is 19.2 Å². The normalized spacial score (nSPS) is 11.8. The molecule has 5 aromatic heterocycles. The molecule has 4 N–H and O–H groups in total. The van der Waals surface area contributed by atoms with E-state index < -0.39 is 0 Å². The van der Waals surface area contributed by atoms with Crippen LogP contribution in [0.25, 0.3) is 20.2 Å². The number of aromatic nitrogens is 5. The number of imidazole rings is 2. The van der Waals surface area contributed by atoms with Gasteiger partial charge in [-0.15, -0.1) is 22.7 Å². The maximum absolute atomic E-state index is 12.9. The molecule has 16 heteroatoms. The summed E-state index contributed by atoms with van der Waals surface area (Å²) in [6.07, 6.45) is 8.00. The number of nitrogen functional groups attached to an aromatic ring is 2. The minimum absolute atomic E-state index is 0.0591. The van der Waals surface area contributed by atoms with Crippen LogP contribution in [0.5, 0.6) is 0 Å².